The first-order valence-electron chi connectivity index (χ1n) is 5.60. The SMILES string of the molecule is Cc1cc(N)ccc1NCc1ccc(F)cc1Cl. The molecule has 2 aromatic carbocycles. The van der Waals surface area contributed by atoms with Crippen LogP contribution in [-0.2, 0) is 6.54 Å². The Balaban J connectivity index is 2.11. The zero-order valence-corrected chi connectivity index (χ0v) is 10.8. The lowest BCUT2D eigenvalue weighted by Crippen LogP contribution is -2.02. The highest BCUT2D eigenvalue weighted by Gasteiger charge is 2.03. The maximum absolute atomic E-state index is 12.9. The highest BCUT2D eigenvalue weighted by Crippen LogP contribution is 2.21. The summed E-state index contributed by atoms with van der Waals surface area (Å²) in [4.78, 5) is 0. The van der Waals surface area contributed by atoms with E-state index in [4.69, 9.17) is 17.3 Å². The molecule has 18 heavy (non-hydrogen) atoms. The molecule has 4 heteroatoms. The molecule has 0 amide bonds. The van der Waals surface area contributed by atoms with Crippen molar-refractivity contribution in [1.82, 2.24) is 0 Å². The minimum Gasteiger partial charge on any atom is -0.399 e. The van der Waals surface area contributed by atoms with E-state index in [1.807, 2.05) is 25.1 Å². The van der Waals surface area contributed by atoms with Gasteiger partial charge in [0, 0.05) is 22.9 Å². The molecule has 0 radical (unpaired) electrons. The van der Waals surface area contributed by atoms with E-state index in [2.05, 4.69) is 5.32 Å². The Morgan fingerprint density at radius 1 is 1.22 bits per heavy atom. The lowest BCUT2D eigenvalue weighted by atomic mass is 10.1. The van der Waals surface area contributed by atoms with Gasteiger partial charge in [0.05, 0.1) is 0 Å². The van der Waals surface area contributed by atoms with Crippen LogP contribution in [0, 0.1) is 12.7 Å². The molecule has 0 aromatic heterocycles. The molecule has 0 aliphatic rings. The lowest BCUT2D eigenvalue weighted by molar-refractivity contribution is 0.627. The van der Waals surface area contributed by atoms with Crippen molar-refractivity contribution < 1.29 is 4.39 Å². The molecule has 2 rings (SSSR count). The van der Waals surface area contributed by atoms with E-state index in [0.717, 1.165) is 22.5 Å². The smallest absolute Gasteiger partial charge is 0.124 e. The number of halogens is 2. The molecule has 0 spiro atoms. The summed E-state index contributed by atoms with van der Waals surface area (Å²) in [5, 5.41) is 3.68. The van der Waals surface area contributed by atoms with Crippen molar-refractivity contribution in [2.75, 3.05) is 11.1 Å². The number of nitrogens with two attached hydrogens (primary N) is 1. The van der Waals surface area contributed by atoms with Gasteiger partial charge in [-0.3, -0.25) is 0 Å². The summed E-state index contributed by atoms with van der Waals surface area (Å²) < 4.78 is 12.9. The van der Waals surface area contributed by atoms with Crippen molar-refractivity contribution in [1.29, 1.82) is 0 Å². The average Bonchev–Trinajstić information content (AvgIpc) is 2.30. The summed E-state index contributed by atoms with van der Waals surface area (Å²) in [6.07, 6.45) is 0. The van der Waals surface area contributed by atoms with Gasteiger partial charge < -0.3 is 11.1 Å². The molecule has 0 bridgehead atoms. The quantitative estimate of drug-likeness (QED) is 0.823. The van der Waals surface area contributed by atoms with Crippen molar-refractivity contribution in [2.24, 2.45) is 0 Å². The van der Waals surface area contributed by atoms with Crippen molar-refractivity contribution >= 4 is 23.0 Å². The Bertz CT molecular complexity index is 518. The zero-order chi connectivity index (χ0) is 13.1. The Hall–Kier alpha value is -1.74. The van der Waals surface area contributed by atoms with E-state index in [1.54, 1.807) is 6.07 Å². The van der Waals surface area contributed by atoms with Gasteiger partial charge in [-0.05, 0) is 48.4 Å². The molecule has 2 nitrogen and oxygen atoms in total. The summed E-state index contributed by atoms with van der Waals surface area (Å²) in [5.41, 5.74) is 9.33. The minimum atomic E-state index is -0.326. The van der Waals surface area contributed by atoms with Crippen LogP contribution in [0.5, 0.6) is 0 Å². The second kappa shape index (κ2) is 5.27. The highest BCUT2D eigenvalue weighted by atomic mass is 35.5. The van der Waals surface area contributed by atoms with Crippen LogP contribution in [0.25, 0.3) is 0 Å². The van der Waals surface area contributed by atoms with Gasteiger partial charge >= 0.3 is 0 Å². The molecular formula is C14H14ClFN2. The number of benzene rings is 2. The maximum atomic E-state index is 12.9. The number of nitrogens with one attached hydrogen (secondary N) is 1. The molecule has 94 valence electrons. The number of nitrogen functional groups attached to an aromatic ring is 1. The first kappa shape index (κ1) is 12.7. The Morgan fingerprint density at radius 2 is 2.00 bits per heavy atom. The molecule has 0 heterocycles. The Kier molecular flexibility index (Phi) is 3.72. The number of aryl methyl sites for hydroxylation is 1. The van der Waals surface area contributed by atoms with Crippen LogP contribution in [0.15, 0.2) is 36.4 Å². The molecule has 0 aliphatic heterocycles. The van der Waals surface area contributed by atoms with Crippen LogP contribution < -0.4 is 11.1 Å². The number of rotatable bonds is 3. The van der Waals surface area contributed by atoms with Crippen molar-refractivity contribution in [2.45, 2.75) is 13.5 Å². The van der Waals surface area contributed by atoms with Gasteiger partial charge in [-0.2, -0.15) is 0 Å². The fourth-order valence-electron chi connectivity index (χ4n) is 1.74. The third kappa shape index (κ3) is 2.93. The summed E-state index contributed by atoms with van der Waals surface area (Å²) in [7, 11) is 0. The monoisotopic (exact) mass is 264 g/mol. The van der Waals surface area contributed by atoms with E-state index in [0.29, 0.717) is 11.6 Å². The van der Waals surface area contributed by atoms with Gasteiger partial charge in [-0.15, -0.1) is 0 Å². The highest BCUT2D eigenvalue weighted by molar-refractivity contribution is 6.31. The largest absolute Gasteiger partial charge is 0.399 e. The molecule has 0 fully saturated rings. The number of hydrogen-bond donors (Lipinski definition) is 2. The fourth-order valence-corrected chi connectivity index (χ4v) is 1.97. The molecule has 0 aliphatic carbocycles. The van der Waals surface area contributed by atoms with Crippen LogP contribution in [0.4, 0.5) is 15.8 Å². The van der Waals surface area contributed by atoms with Gasteiger partial charge in [0.1, 0.15) is 5.82 Å². The van der Waals surface area contributed by atoms with Crippen LogP contribution in [0.3, 0.4) is 0 Å². The molecule has 0 saturated carbocycles. The lowest BCUT2D eigenvalue weighted by Gasteiger charge is -2.11. The summed E-state index contributed by atoms with van der Waals surface area (Å²) in [5.74, 6) is -0.326. The van der Waals surface area contributed by atoms with E-state index >= 15 is 0 Å². The molecule has 0 unspecified atom stereocenters. The number of anilines is 2. The first-order valence-corrected chi connectivity index (χ1v) is 5.98. The predicted octanol–water partition coefficient (Wildman–Crippen LogP) is 3.98. The Morgan fingerprint density at radius 3 is 2.67 bits per heavy atom. The van der Waals surface area contributed by atoms with Crippen LogP contribution in [0.1, 0.15) is 11.1 Å². The normalized spacial score (nSPS) is 10.4. The molecule has 0 saturated heterocycles. The van der Waals surface area contributed by atoms with E-state index < -0.39 is 0 Å². The Labute approximate surface area is 111 Å². The summed E-state index contributed by atoms with van der Waals surface area (Å²) in [6.45, 7) is 2.52. The third-order valence-electron chi connectivity index (χ3n) is 2.73. The van der Waals surface area contributed by atoms with E-state index in [-0.39, 0.29) is 5.82 Å². The summed E-state index contributed by atoms with van der Waals surface area (Å²) in [6, 6.07) is 10.0. The standard InChI is InChI=1S/C14H14ClFN2/c1-9-6-12(17)4-5-14(9)18-8-10-2-3-11(16)7-13(10)15/h2-7,18H,8,17H2,1H3. The van der Waals surface area contributed by atoms with Gasteiger partial charge in [-0.1, -0.05) is 17.7 Å². The first-order chi connectivity index (χ1) is 8.56. The molecule has 2 aromatic rings. The van der Waals surface area contributed by atoms with E-state index in [9.17, 15) is 4.39 Å². The van der Waals surface area contributed by atoms with Crippen LogP contribution >= 0.6 is 11.6 Å². The van der Waals surface area contributed by atoms with Crippen molar-refractivity contribution in [3.8, 4) is 0 Å². The third-order valence-corrected chi connectivity index (χ3v) is 3.09. The predicted molar refractivity (Wildman–Crippen MR) is 74.3 cm³/mol. The van der Waals surface area contributed by atoms with Crippen LogP contribution in [-0.4, -0.2) is 0 Å². The van der Waals surface area contributed by atoms with Gasteiger partial charge in [0.15, 0.2) is 0 Å². The maximum Gasteiger partial charge on any atom is 0.124 e. The second-order valence-electron chi connectivity index (χ2n) is 4.16. The second-order valence-corrected chi connectivity index (χ2v) is 4.57. The summed E-state index contributed by atoms with van der Waals surface area (Å²) >= 11 is 5.96. The van der Waals surface area contributed by atoms with Gasteiger partial charge in [0.2, 0.25) is 0 Å². The van der Waals surface area contributed by atoms with Crippen molar-refractivity contribution in [3.05, 3.63) is 58.4 Å². The molecule has 0 atom stereocenters. The minimum absolute atomic E-state index is 0.326. The van der Waals surface area contributed by atoms with Gasteiger partial charge in [-0.25, -0.2) is 4.39 Å². The van der Waals surface area contributed by atoms with Gasteiger partial charge in [0.25, 0.3) is 0 Å². The zero-order valence-electron chi connectivity index (χ0n) is 10.0. The fraction of sp³-hybridized carbons (Fsp3) is 0.143. The average molecular weight is 265 g/mol. The molecular weight excluding hydrogens is 251 g/mol. The number of hydrogen-bond acceptors (Lipinski definition) is 2. The van der Waals surface area contributed by atoms with Crippen molar-refractivity contribution in [3.63, 3.8) is 0 Å². The topological polar surface area (TPSA) is 38.0 Å². The molecule has 3 N–H and O–H groups in total. The van der Waals surface area contributed by atoms with Crippen LogP contribution in [0.2, 0.25) is 5.02 Å². The van der Waals surface area contributed by atoms with E-state index in [1.165, 1.54) is 12.1 Å².